The van der Waals surface area contributed by atoms with Crippen LogP contribution < -0.4 is 5.32 Å². The first-order valence-corrected chi connectivity index (χ1v) is 8.04. The molecule has 2 aliphatic rings. The van der Waals surface area contributed by atoms with Gasteiger partial charge in [-0.15, -0.1) is 0 Å². The van der Waals surface area contributed by atoms with Crippen LogP contribution in [-0.4, -0.2) is 41.8 Å². The van der Waals surface area contributed by atoms with Crippen molar-refractivity contribution in [2.24, 2.45) is 5.10 Å². The predicted octanol–water partition coefficient (Wildman–Crippen LogP) is 1.46. The molecule has 0 radical (unpaired) electrons. The minimum absolute atomic E-state index is 0.0514. The van der Waals surface area contributed by atoms with Crippen molar-refractivity contribution in [2.75, 3.05) is 13.2 Å². The summed E-state index contributed by atoms with van der Waals surface area (Å²) in [5.74, 6) is -0.254. The van der Waals surface area contributed by atoms with Crippen LogP contribution in [0.15, 0.2) is 35.4 Å². The van der Waals surface area contributed by atoms with Crippen LogP contribution in [0.2, 0.25) is 0 Å². The maximum Gasteiger partial charge on any atom is 0.267 e. The monoisotopic (exact) mass is 315 g/mol. The van der Waals surface area contributed by atoms with Gasteiger partial charge in [0.05, 0.1) is 12.6 Å². The summed E-state index contributed by atoms with van der Waals surface area (Å²) in [7, 11) is 0. The molecule has 0 aliphatic carbocycles. The van der Waals surface area contributed by atoms with Crippen LogP contribution in [0.4, 0.5) is 0 Å². The molecule has 23 heavy (non-hydrogen) atoms. The number of hydrogen-bond acceptors (Lipinski definition) is 4. The van der Waals surface area contributed by atoms with E-state index in [-0.39, 0.29) is 17.9 Å². The van der Waals surface area contributed by atoms with Crippen LogP contribution in [0.25, 0.3) is 0 Å². The number of ether oxygens (including phenoxy) is 1. The normalized spacial score (nSPS) is 21.2. The molecule has 1 saturated heterocycles. The van der Waals surface area contributed by atoms with E-state index in [0.717, 1.165) is 25.0 Å². The van der Waals surface area contributed by atoms with Gasteiger partial charge in [0, 0.05) is 26.0 Å². The Morgan fingerprint density at radius 2 is 2.13 bits per heavy atom. The Kier molecular flexibility index (Phi) is 5.02. The molecule has 3 rings (SSSR count). The molecule has 0 bridgehead atoms. The minimum Gasteiger partial charge on any atom is -0.376 e. The molecule has 2 amide bonds. The van der Waals surface area contributed by atoms with Gasteiger partial charge >= 0.3 is 0 Å². The average molecular weight is 315 g/mol. The number of amides is 2. The van der Waals surface area contributed by atoms with Gasteiger partial charge in [-0.05, 0) is 18.4 Å². The predicted molar refractivity (Wildman–Crippen MR) is 85.6 cm³/mol. The van der Waals surface area contributed by atoms with Crippen LogP contribution in [0.3, 0.4) is 0 Å². The number of carbonyl (C=O) groups is 2. The van der Waals surface area contributed by atoms with Gasteiger partial charge in [-0.25, -0.2) is 5.01 Å². The topological polar surface area (TPSA) is 71.0 Å². The maximum atomic E-state index is 12.2. The highest BCUT2D eigenvalue weighted by atomic mass is 16.5. The van der Waals surface area contributed by atoms with E-state index in [4.69, 9.17) is 4.74 Å². The van der Waals surface area contributed by atoms with Gasteiger partial charge in [0.25, 0.3) is 5.91 Å². The summed E-state index contributed by atoms with van der Waals surface area (Å²) in [5.41, 5.74) is 1.41. The number of benzene rings is 1. The van der Waals surface area contributed by atoms with E-state index in [1.54, 1.807) is 0 Å². The molecule has 0 saturated carbocycles. The summed E-state index contributed by atoms with van der Waals surface area (Å²) in [4.78, 5) is 24.2. The van der Waals surface area contributed by atoms with Crippen LogP contribution in [0.5, 0.6) is 0 Å². The molecule has 2 heterocycles. The van der Waals surface area contributed by atoms with Gasteiger partial charge in [0.15, 0.2) is 0 Å². The SMILES string of the molecule is O=C(NC[C@@H]1CCCO1)C1=NN(Cc2ccccc2)C(=O)CC1. The molecule has 1 aromatic carbocycles. The van der Waals surface area contributed by atoms with Gasteiger partial charge < -0.3 is 10.1 Å². The number of rotatable bonds is 5. The molecule has 0 unspecified atom stereocenters. The summed E-state index contributed by atoms with van der Waals surface area (Å²) in [6.45, 7) is 1.66. The largest absolute Gasteiger partial charge is 0.376 e. The van der Waals surface area contributed by atoms with Crippen molar-refractivity contribution < 1.29 is 14.3 Å². The molecular weight excluding hydrogens is 294 g/mol. The lowest BCUT2D eigenvalue weighted by Crippen LogP contribution is -2.41. The fourth-order valence-corrected chi connectivity index (χ4v) is 2.76. The van der Waals surface area contributed by atoms with Crippen molar-refractivity contribution in [3.63, 3.8) is 0 Å². The Balaban J connectivity index is 1.60. The lowest BCUT2D eigenvalue weighted by Gasteiger charge is -2.23. The summed E-state index contributed by atoms with van der Waals surface area (Å²) in [6.07, 6.45) is 2.83. The third-order valence-corrected chi connectivity index (χ3v) is 4.06. The number of hydrogen-bond donors (Lipinski definition) is 1. The highest BCUT2D eigenvalue weighted by Gasteiger charge is 2.25. The van der Waals surface area contributed by atoms with E-state index in [2.05, 4.69) is 10.4 Å². The van der Waals surface area contributed by atoms with Crippen molar-refractivity contribution in [2.45, 2.75) is 38.3 Å². The molecule has 122 valence electrons. The molecule has 1 aromatic rings. The molecule has 0 aromatic heterocycles. The van der Waals surface area contributed by atoms with E-state index in [0.29, 0.717) is 31.6 Å². The first-order valence-electron chi connectivity index (χ1n) is 8.04. The standard InChI is InChI=1S/C17H21N3O3/c21-16-9-8-15(17(22)18-11-14-7-4-10-23-14)19-20(16)12-13-5-2-1-3-6-13/h1-3,5-6,14H,4,7-12H2,(H,18,22)/t14-/m0/s1. The number of hydrazone groups is 1. The second-order valence-electron chi connectivity index (χ2n) is 5.83. The fraction of sp³-hybridized carbons (Fsp3) is 0.471. The zero-order valence-electron chi connectivity index (χ0n) is 13.0. The Morgan fingerprint density at radius 3 is 2.87 bits per heavy atom. The summed E-state index contributed by atoms with van der Waals surface area (Å²) >= 11 is 0. The second kappa shape index (κ2) is 7.37. The van der Waals surface area contributed by atoms with Crippen LogP contribution >= 0.6 is 0 Å². The van der Waals surface area contributed by atoms with E-state index >= 15 is 0 Å². The minimum atomic E-state index is -0.203. The van der Waals surface area contributed by atoms with Crippen LogP contribution in [0, 0.1) is 0 Å². The summed E-state index contributed by atoms with van der Waals surface area (Å²) in [5, 5.41) is 8.50. The lowest BCUT2D eigenvalue weighted by atomic mass is 10.1. The van der Waals surface area contributed by atoms with E-state index in [1.165, 1.54) is 5.01 Å². The van der Waals surface area contributed by atoms with E-state index in [1.807, 2.05) is 30.3 Å². The highest BCUT2D eigenvalue weighted by Crippen LogP contribution is 2.14. The van der Waals surface area contributed by atoms with E-state index < -0.39 is 0 Å². The van der Waals surface area contributed by atoms with Crippen molar-refractivity contribution in [3.05, 3.63) is 35.9 Å². The van der Waals surface area contributed by atoms with Crippen molar-refractivity contribution in [1.82, 2.24) is 10.3 Å². The van der Waals surface area contributed by atoms with Gasteiger partial charge in [0.2, 0.25) is 5.91 Å². The summed E-state index contributed by atoms with van der Waals surface area (Å²) < 4.78 is 5.49. The van der Waals surface area contributed by atoms with E-state index in [9.17, 15) is 9.59 Å². The molecule has 1 fully saturated rings. The molecule has 6 nitrogen and oxygen atoms in total. The lowest BCUT2D eigenvalue weighted by molar-refractivity contribution is -0.132. The molecule has 0 spiro atoms. The number of carbonyl (C=O) groups excluding carboxylic acids is 2. The second-order valence-corrected chi connectivity index (χ2v) is 5.83. The van der Waals surface area contributed by atoms with Crippen LogP contribution in [0.1, 0.15) is 31.2 Å². The van der Waals surface area contributed by atoms with Crippen molar-refractivity contribution in [1.29, 1.82) is 0 Å². The number of nitrogens with zero attached hydrogens (tertiary/aromatic N) is 2. The fourth-order valence-electron chi connectivity index (χ4n) is 2.76. The average Bonchev–Trinajstić information content (AvgIpc) is 3.09. The van der Waals surface area contributed by atoms with Crippen LogP contribution in [-0.2, 0) is 20.9 Å². The first-order chi connectivity index (χ1) is 11.2. The van der Waals surface area contributed by atoms with Gasteiger partial charge in [-0.3, -0.25) is 9.59 Å². The van der Waals surface area contributed by atoms with Gasteiger partial charge in [-0.1, -0.05) is 30.3 Å². The third kappa shape index (κ3) is 4.16. The highest BCUT2D eigenvalue weighted by molar-refractivity contribution is 6.39. The van der Waals surface area contributed by atoms with Crippen molar-refractivity contribution >= 4 is 17.5 Å². The zero-order valence-corrected chi connectivity index (χ0v) is 13.0. The summed E-state index contributed by atoms with van der Waals surface area (Å²) in [6, 6.07) is 9.64. The molecule has 6 heteroatoms. The number of nitrogens with one attached hydrogen (secondary N) is 1. The molecular formula is C17H21N3O3. The Bertz CT molecular complexity index is 594. The van der Waals surface area contributed by atoms with Gasteiger partial charge in [0.1, 0.15) is 5.71 Å². The quantitative estimate of drug-likeness (QED) is 0.894. The van der Waals surface area contributed by atoms with Gasteiger partial charge in [-0.2, -0.15) is 5.10 Å². The Labute approximate surface area is 135 Å². The molecule has 1 atom stereocenters. The Morgan fingerprint density at radius 1 is 1.30 bits per heavy atom. The van der Waals surface area contributed by atoms with Crippen molar-refractivity contribution in [3.8, 4) is 0 Å². The zero-order chi connectivity index (χ0) is 16.1. The third-order valence-electron chi connectivity index (χ3n) is 4.06. The Hall–Kier alpha value is -2.21. The molecule has 1 N–H and O–H groups in total. The smallest absolute Gasteiger partial charge is 0.267 e. The maximum absolute atomic E-state index is 12.2. The molecule has 2 aliphatic heterocycles. The first kappa shape index (κ1) is 15.7.